The zero-order valence-corrected chi connectivity index (χ0v) is 13.1. The molecule has 0 bridgehead atoms. The predicted molar refractivity (Wildman–Crippen MR) is 78.3 cm³/mol. The molecule has 126 valence electrons. The SMILES string of the molecule is COc1c(-c2nc(SC)[nH]c(=O)c2C#N)ccc(C(F)(F)F)c1F. The number of nitrogens with one attached hydrogen (secondary N) is 1. The minimum atomic E-state index is -4.92. The van der Waals surface area contributed by atoms with E-state index in [0.717, 1.165) is 24.9 Å². The Kier molecular flexibility index (Phi) is 4.84. The van der Waals surface area contributed by atoms with Gasteiger partial charge in [0.25, 0.3) is 5.56 Å². The Hall–Kier alpha value is -2.54. The van der Waals surface area contributed by atoms with Gasteiger partial charge in [0.05, 0.1) is 12.7 Å². The Morgan fingerprint density at radius 1 is 1.38 bits per heavy atom. The first-order valence-corrected chi connectivity index (χ1v) is 7.49. The van der Waals surface area contributed by atoms with Gasteiger partial charge in [-0.1, -0.05) is 11.8 Å². The lowest BCUT2D eigenvalue weighted by molar-refractivity contribution is -0.140. The summed E-state index contributed by atoms with van der Waals surface area (Å²) in [5.41, 5.74) is -3.23. The molecule has 1 heterocycles. The van der Waals surface area contributed by atoms with Crippen LogP contribution in [0.2, 0.25) is 0 Å². The van der Waals surface area contributed by atoms with Crippen molar-refractivity contribution in [3.8, 4) is 23.1 Å². The molecule has 0 radical (unpaired) electrons. The van der Waals surface area contributed by atoms with Crippen LogP contribution in [0.4, 0.5) is 17.6 Å². The molecule has 5 nitrogen and oxygen atoms in total. The van der Waals surface area contributed by atoms with Crippen LogP contribution < -0.4 is 10.3 Å². The first kappa shape index (κ1) is 17.8. The highest BCUT2D eigenvalue weighted by atomic mass is 32.2. The molecule has 1 aromatic heterocycles. The minimum absolute atomic E-state index is 0.122. The van der Waals surface area contributed by atoms with Crippen LogP contribution >= 0.6 is 11.8 Å². The number of halogens is 4. The number of methoxy groups -OCH3 is 1. The maximum atomic E-state index is 14.2. The van der Waals surface area contributed by atoms with E-state index in [1.165, 1.54) is 0 Å². The van der Waals surface area contributed by atoms with Gasteiger partial charge in [-0.2, -0.15) is 18.4 Å². The Labute approximate surface area is 137 Å². The van der Waals surface area contributed by atoms with Crippen molar-refractivity contribution in [3.05, 3.63) is 39.4 Å². The summed E-state index contributed by atoms with van der Waals surface area (Å²) in [6.45, 7) is 0. The highest BCUT2D eigenvalue weighted by Gasteiger charge is 2.36. The van der Waals surface area contributed by atoms with Gasteiger partial charge in [-0.05, 0) is 18.4 Å². The smallest absolute Gasteiger partial charge is 0.419 e. The highest BCUT2D eigenvalue weighted by Crippen LogP contribution is 2.40. The molecule has 2 rings (SSSR count). The second-order valence-corrected chi connectivity index (χ2v) is 5.21. The molecule has 24 heavy (non-hydrogen) atoms. The largest absolute Gasteiger partial charge is 0.493 e. The number of benzene rings is 1. The second kappa shape index (κ2) is 6.52. The van der Waals surface area contributed by atoms with Gasteiger partial charge in [-0.25, -0.2) is 9.37 Å². The fourth-order valence-electron chi connectivity index (χ4n) is 2.01. The predicted octanol–water partition coefficient (Wildman–Crippen LogP) is 3.20. The number of H-pyrrole nitrogens is 1. The monoisotopic (exact) mass is 359 g/mol. The molecule has 0 atom stereocenters. The van der Waals surface area contributed by atoms with Crippen LogP contribution in [-0.2, 0) is 6.18 Å². The van der Waals surface area contributed by atoms with E-state index < -0.39 is 34.4 Å². The molecular formula is C14H9F4N3O2S. The second-order valence-electron chi connectivity index (χ2n) is 4.42. The number of nitriles is 1. The van der Waals surface area contributed by atoms with Gasteiger partial charge in [-0.3, -0.25) is 4.79 Å². The van der Waals surface area contributed by atoms with Crippen LogP contribution in [0.3, 0.4) is 0 Å². The molecular weight excluding hydrogens is 350 g/mol. The maximum Gasteiger partial charge on any atom is 0.419 e. The molecule has 0 saturated heterocycles. The molecule has 0 saturated carbocycles. The topological polar surface area (TPSA) is 78.8 Å². The van der Waals surface area contributed by atoms with Crippen LogP contribution in [0.5, 0.6) is 5.75 Å². The summed E-state index contributed by atoms with van der Waals surface area (Å²) in [5.74, 6) is -2.38. The molecule has 0 spiro atoms. The van der Waals surface area contributed by atoms with Crippen molar-refractivity contribution in [3.63, 3.8) is 0 Å². The molecule has 1 aromatic carbocycles. The summed E-state index contributed by atoms with van der Waals surface area (Å²) in [7, 11) is 0.983. The first-order valence-electron chi connectivity index (χ1n) is 6.27. The van der Waals surface area contributed by atoms with Gasteiger partial charge in [0, 0.05) is 5.56 Å². The molecule has 0 aliphatic heterocycles. The van der Waals surface area contributed by atoms with E-state index in [1.54, 1.807) is 12.3 Å². The average molecular weight is 359 g/mol. The fraction of sp³-hybridized carbons (Fsp3) is 0.214. The average Bonchev–Trinajstić information content (AvgIpc) is 2.52. The number of hydrogen-bond donors (Lipinski definition) is 1. The van der Waals surface area contributed by atoms with Crippen molar-refractivity contribution in [1.29, 1.82) is 5.26 Å². The van der Waals surface area contributed by atoms with Crippen molar-refractivity contribution >= 4 is 11.8 Å². The van der Waals surface area contributed by atoms with E-state index >= 15 is 0 Å². The molecule has 0 aliphatic rings. The Morgan fingerprint density at radius 2 is 2.04 bits per heavy atom. The number of alkyl halides is 3. The number of hydrogen-bond acceptors (Lipinski definition) is 5. The molecule has 0 aliphatic carbocycles. The number of ether oxygens (including phenoxy) is 1. The molecule has 10 heteroatoms. The first-order chi connectivity index (χ1) is 11.2. The number of aromatic amines is 1. The summed E-state index contributed by atoms with van der Waals surface area (Å²) < 4.78 is 57.3. The highest BCUT2D eigenvalue weighted by molar-refractivity contribution is 7.98. The van der Waals surface area contributed by atoms with Crippen LogP contribution in [0.15, 0.2) is 22.1 Å². The lowest BCUT2D eigenvalue weighted by Gasteiger charge is -2.15. The summed E-state index contributed by atoms with van der Waals surface area (Å²) in [5, 5.41) is 9.23. The minimum Gasteiger partial charge on any atom is -0.493 e. The Balaban J connectivity index is 2.84. The van der Waals surface area contributed by atoms with E-state index in [-0.39, 0.29) is 16.4 Å². The third kappa shape index (κ3) is 3.07. The van der Waals surface area contributed by atoms with E-state index in [9.17, 15) is 22.4 Å². The lowest BCUT2D eigenvalue weighted by Crippen LogP contribution is -2.15. The standard InChI is InChI=1S/C14H9F4N3O2S/c1-23-11-6(3-4-8(9(11)15)14(16,17)18)10-7(5-19)12(22)21-13(20-10)24-2/h3-4H,1-2H3,(H,20,21,22). The zero-order valence-electron chi connectivity index (χ0n) is 12.3. The van der Waals surface area contributed by atoms with E-state index in [0.29, 0.717) is 6.07 Å². The molecule has 1 N–H and O–H groups in total. The van der Waals surface area contributed by atoms with E-state index in [1.807, 2.05) is 0 Å². The van der Waals surface area contributed by atoms with Crippen LogP contribution in [0.25, 0.3) is 11.3 Å². The van der Waals surface area contributed by atoms with Crippen LogP contribution in [0.1, 0.15) is 11.1 Å². The molecule has 0 fully saturated rings. The third-order valence-electron chi connectivity index (χ3n) is 3.06. The van der Waals surface area contributed by atoms with Crippen molar-refractivity contribution < 1.29 is 22.3 Å². The number of thioether (sulfide) groups is 1. The zero-order chi connectivity index (χ0) is 18.1. The normalized spacial score (nSPS) is 11.2. The summed E-state index contributed by atoms with van der Waals surface area (Å²) >= 11 is 1.05. The van der Waals surface area contributed by atoms with Crippen LogP contribution in [0, 0.1) is 17.1 Å². The van der Waals surface area contributed by atoms with Crippen molar-refractivity contribution in [1.82, 2.24) is 9.97 Å². The third-order valence-corrected chi connectivity index (χ3v) is 3.64. The number of aromatic nitrogens is 2. The summed E-state index contributed by atoms with van der Waals surface area (Å²) in [4.78, 5) is 18.2. The molecule has 0 amide bonds. The van der Waals surface area contributed by atoms with Gasteiger partial charge >= 0.3 is 6.18 Å². The van der Waals surface area contributed by atoms with Crippen molar-refractivity contribution in [2.24, 2.45) is 0 Å². The van der Waals surface area contributed by atoms with Gasteiger partial charge in [-0.15, -0.1) is 0 Å². The lowest BCUT2D eigenvalue weighted by atomic mass is 10.0. The van der Waals surface area contributed by atoms with Crippen molar-refractivity contribution in [2.45, 2.75) is 11.3 Å². The van der Waals surface area contributed by atoms with Gasteiger partial charge in [0.15, 0.2) is 16.7 Å². The molecule has 0 unspecified atom stereocenters. The van der Waals surface area contributed by atoms with Gasteiger partial charge in [0.1, 0.15) is 17.3 Å². The van der Waals surface area contributed by atoms with Crippen molar-refractivity contribution in [2.75, 3.05) is 13.4 Å². The summed E-state index contributed by atoms with van der Waals surface area (Å²) in [6.07, 6.45) is -3.32. The van der Waals surface area contributed by atoms with E-state index in [2.05, 4.69) is 9.97 Å². The van der Waals surface area contributed by atoms with E-state index in [4.69, 9.17) is 10.00 Å². The quantitative estimate of drug-likeness (QED) is 0.517. The number of rotatable bonds is 3. The Morgan fingerprint density at radius 3 is 2.54 bits per heavy atom. The Bertz CT molecular complexity index is 887. The van der Waals surface area contributed by atoms with Crippen LogP contribution in [-0.4, -0.2) is 23.3 Å². The fourth-order valence-corrected chi connectivity index (χ4v) is 2.39. The summed E-state index contributed by atoms with van der Waals surface area (Å²) in [6, 6.07) is 3.04. The van der Waals surface area contributed by atoms with Gasteiger partial charge < -0.3 is 9.72 Å². The maximum absolute atomic E-state index is 14.2. The van der Waals surface area contributed by atoms with Gasteiger partial charge in [0.2, 0.25) is 0 Å². The number of nitrogens with zero attached hydrogens (tertiary/aromatic N) is 2. The molecule has 2 aromatic rings.